The molecule has 5 nitrogen and oxygen atoms in total. The normalized spacial score (nSPS) is 10.4. The third-order valence-corrected chi connectivity index (χ3v) is 3.91. The van der Waals surface area contributed by atoms with Crippen LogP contribution in [0.3, 0.4) is 0 Å². The molecule has 1 heterocycles. The van der Waals surface area contributed by atoms with Gasteiger partial charge in [0.1, 0.15) is 0 Å². The first-order chi connectivity index (χ1) is 10.6. The summed E-state index contributed by atoms with van der Waals surface area (Å²) in [6.45, 7) is 0. The lowest BCUT2D eigenvalue weighted by atomic mass is 10.2. The number of carboxylic acids is 1. The Morgan fingerprint density at radius 2 is 2.09 bits per heavy atom. The van der Waals surface area contributed by atoms with E-state index in [-0.39, 0.29) is 11.7 Å². The number of amides is 1. The minimum Gasteiger partial charge on any atom is -0.481 e. The number of carbonyl (C=O) groups excluding carboxylic acids is 1. The quantitative estimate of drug-likeness (QED) is 0.781. The van der Waals surface area contributed by atoms with E-state index in [2.05, 4.69) is 5.32 Å². The fraction of sp³-hybridized carbons (Fsp3) is 0.250. The van der Waals surface area contributed by atoms with Crippen LogP contribution in [0.15, 0.2) is 47.3 Å². The van der Waals surface area contributed by atoms with Crippen LogP contribution in [-0.2, 0) is 21.8 Å². The molecule has 1 amide bonds. The van der Waals surface area contributed by atoms with Gasteiger partial charge in [-0.15, -0.1) is 11.8 Å². The average molecular weight is 319 g/mol. The number of aryl methyl sites for hydroxylation is 1. The van der Waals surface area contributed by atoms with Crippen LogP contribution < -0.4 is 5.32 Å². The third kappa shape index (κ3) is 5.65. The number of hydrogen-bond donors (Lipinski definition) is 2. The zero-order valence-electron chi connectivity index (χ0n) is 12.0. The van der Waals surface area contributed by atoms with Crippen molar-refractivity contribution < 1.29 is 19.1 Å². The highest BCUT2D eigenvalue weighted by Gasteiger charge is 2.05. The van der Waals surface area contributed by atoms with E-state index in [9.17, 15) is 9.59 Å². The number of rotatable bonds is 8. The van der Waals surface area contributed by atoms with Gasteiger partial charge in [0.2, 0.25) is 5.91 Å². The molecule has 1 aromatic heterocycles. The van der Waals surface area contributed by atoms with Crippen LogP contribution in [-0.4, -0.2) is 22.7 Å². The number of carbonyl (C=O) groups is 2. The van der Waals surface area contributed by atoms with E-state index in [4.69, 9.17) is 9.52 Å². The smallest absolute Gasteiger partial charge is 0.313 e. The molecular weight excluding hydrogens is 302 g/mol. The minimum atomic E-state index is -0.825. The van der Waals surface area contributed by atoms with Crippen LogP contribution in [0.2, 0.25) is 0 Å². The minimum absolute atomic E-state index is 0.0588. The van der Waals surface area contributed by atoms with Gasteiger partial charge in [-0.1, -0.05) is 12.1 Å². The topological polar surface area (TPSA) is 79.5 Å². The van der Waals surface area contributed by atoms with Crippen LogP contribution in [0.25, 0.3) is 0 Å². The van der Waals surface area contributed by atoms with Crippen LogP contribution >= 0.6 is 11.8 Å². The largest absolute Gasteiger partial charge is 0.481 e. The van der Waals surface area contributed by atoms with Gasteiger partial charge in [0, 0.05) is 17.9 Å². The van der Waals surface area contributed by atoms with Crippen molar-refractivity contribution in [3.05, 3.63) is 54.0 Å². The molecule has 0 saturated heterocycles. The van der Waals surface area contributed by atoms with Crippen molar-refractivity contribution in [1.82, 2.24) is 0 Å². The summed E-state index contributed by atoms with van der Waals surface area (Å²) in [6.07, 6.45) is 4.24. The van der Waals surface area contributed by atoms with Crippen molar-refractivity contribution in [2.24, 2.45) is 0 Å². The van der Waals surface area contributed by atoms with E-state index in [1.54, 1.807) is 12.5 Å². The molecule has 2 rings (SSSR count). The number of nitrogens with one attached hydrogen (secondary N) is 1. The number of anilines is 1. The van der Waals surface area contributed by atoms with E-state index >= 15 is 0 Å². The Morgan fingerprint density at radius 3 is 2.82 bits per heavy atom. The molecule has 0 aliphatic rings. The Balaban J connectivity index is 1.81. The van der Waals surface area contributed by atoms with Gasteiger partial charge in [0.15, 0.2) is 0 Å². The number of aliphatic carboxylic acids is 1. The lowest BCUT2D eigenvalue weighted by Crippen LogP contribution is -2.12. The summed E-state index contributed by atoms with van der Waals surface area (Å²) >= 11 is 1.33. The van der Waals surface area contributed by atoms with E-state index in [1.807, 2.05) is 30.3 Å². The van der Waals surface area contributed by atoms with Gasteiger partial charge >= 0.3 is 5.97 Å². The van der Waals surface area contributed by atoms with Gasteiger partial charge < -0.3 is 14.8 Å². The van der Waals surface area contributed by atoms with Gasteiger partial charge in [0.25, 0.3) is 0 Å². The SMILES string of the molecule is O=C(O)CSCc1cccc(NC(=O)CCc2ccoc2)c1. The predicted molar refractivity (Wildman–Crippen MR) is 85.9 cm³/mol. The maximum atomic E-state index is 11.9. The molecular formula is C16H17NO4S. The summed E-state index contributed by atoms with van der Waals surface area (Å²) in [7, 11) is 0. The maximum Gasteiger partial charge on any atom is 0.313 e. The zero-order chi connectivity index (χ0) is 15.8. The predicted octanol–water partition coefficient (Wildman–Crippen LogP) is 3.17. The summed E-state index contributed by atoms with van der Waals surface area (Å²) in [5.74, 6) is -0.211. The summed E-state index contributed by atoms with van der Waals surface area (Å²) < 4.78 is 4.96. The first-order valence-corrected chi connectivity index (χ1v) is 7.98. The van der Waals surface area contributed by atoms with E-state index in [1.165, 1.54) is 11.8 Å². The van der Waals surface area contributed by atoms with E-state index < -0.39 is 5.97 Å². The molecule has 0 unspecified atom stereocenters. The molecule has 116 valence electrons. The molecule has 0 fully saturated rings. The number of benzene rings is 1. The average Bonchev–Trinajstić information content (AvgIpc) is 2.98. The summed E-state index contributed by atoms with van der Waals surface area (Å²) in [6, 6.07) is 9.29. The third-order valence-electron chi connectivity index (χ3n) is 2.93. The molecule has 0 atom stereocenters. The van der Waals surface area contributed by atoms with Crippen LogP contribution in [0, 0.1) is 0 Å². The summed E-state index contributed by atoms with van der Waals surface area (Å²) in [4.78, 5) is 22.4. The monoisotopic (exact) mass is 319 g/mol. The maximum absolute atomic E-state index is 11.9. The van der Waals surface area contributed by atoms with Crippen LogP contribution in [0.5, 0.6) is 0 Å². The van der Waals surface area contributed by atoms with Gasteiger partial charge in [0.05, 0.1) is 18.3 Å². The second kappa shape index (κ2) is 8.29. The molecule has 0 bridgehead atoms. The first-order valence-electron chi connectivity index (χ1n) is 6.83. The van der Waals surface area contributed by atoms with Gasteiger partial charge in [-0.05, 0) is 35.7 Å². The Morgan fingerprint density at radius 1 is 1.23 bits per heavy atom. The summed E-state index contributed by atoms with van der Waals surface area (Å²) in [5, 5.41) is 11.5. The second-order valence-electron chi connectivity index (χ2n) is 4.77. The number of furan rings is 1. The summed E-state index contributed by atoms with van der Waals surface area (Å²) in [5.41, 5.74) is 2.71. The molecule has 2 aromatic rings. The molecule has 0 saturated carbocycles. The molecule has 1 aromatic carbocycles. The van der Waals surface area contributed by atoms with Crippen LogP contribution in [0.4, 0.5) is 5.69 Å². The Hall–Kier alpha value is -2.21. The first kappa shape index (κ1) is 16.2. The Kier molecular flexibility index (Phi) is 6.09. The standard InChI is InChI=1S/C16H17NO4S/c18-15(5-4-12-6-7-21-9-12)17-14-3-1-2-13(8-14)10-22-11-16(19)20/h1-3,6-9H,4-5,10-11H2,(H,17,18)(H,19,20). The number of carboxylic acid groups (broad SMARTS) is 1. The van der Waals surface area contributed by atoms with Crippen molar-refractivity contribution in [3.63, 3.8) is 0 Å². The van der Waals surface area contributed by atoms with Crippen molar-refractivity contribution in [3.8, 4) is 0 Å². The molecule has 2 N–H and O–H groups in total. The molecule has 0 spiro atoms. The Labute approximate surface area is 132 Å². The van der Waals surface area contributed by atoms with Crippen molar-refractivity contribution in [2.45, 2.75) is 18.6 Å². The fourth-order valence-electron chi connectivity index (χ4n) is 1.91. The molecule has 0 radical (unpaired) electrons. The molecule has 6 heteroatoms. The molecule has 0 aliphatic carbocycles. The van der Waals surface area contributed by atoms with Gasteiger partial charge in [-0.2, -0.15) is 0 Å². The molecule has 22 heavy (non-hydrogen) atoms. The number of thioether (sulfide) groups is 1. The molecule has 0 aliphatic heterocycles. The number of hydrogen-bond acceptors (Lipinski definition) is 4. The van der Waals surface area contributed by atoms with E-state index in [0.717, 1.165) is 16.8 Å². The van der Waals surface area contributed by atoms with Crippen molar-refractivity contribution in [2.75, 3.05) is 11.1 Å². The highest BCUT2D eigenvalue weighted by atomic mass is 32.2. The van der Waals surface area contributed by atoms with Gasteiger partial charge in [-0.3, -0.25) is 9.59 Å². The van der Waals surface area contributed by atoms with E-state index in [0.29, 0.717) is 18.6 Å². The zero-order valence-corrected chi connectivity index (χ0v) is 12.8. The highest BCUT2D eigenvalue weighted by molar-refractivity contribution is 7.99. The second-order valence-corrected chi connectivity index (χ2v) is 5.75. The Bertz CT molecular complexity index is 625. The van der Waals surface area contributed by atoms with Crippen LogP contribution in [0.1, 0.15) is 17.5 Å². The lowest BCUT2D eigenvalue weighted by molar-refractivity contribution is -0.133. The van der Waals surface area contributed by atoms with Crippen molar-refractivity contribution in [1.29, 1.82) is 0 Å². The van der Waals surface area contributed by atoms with Crippen molar-refractivity contribution >= 4 is 29.3 Å². The lowest BCUT2D eigenvalue weighted by Gasteiger charge is -2.07. The van der Waals surface area contributed by atoms with Gasteiger partial charge in [-0.25, -0.2) is 0 Å². The highest BCUT2D eigenvalue weighted by Crippen LogP contribution is 2.17. The fourth-order valence-corrected chi connectivity index (χ4v) is 2.60.